The van der Waals surface area contributed by atoms with Crippen molar-refractivity contribution in [1.82, 2.24) is 0 Å². The molecule has 0 amide bonds. The van der Waals surface area contributed by atoms with Crippen molar-refractivity contribution in [1.29, 1.82) is 0 Å². The van der Waals surface area contributed by atoms with Crippen molar-refractivity contribution < 1.29 is 4.48 Å². The second-order valence-electron chi connectivity index (χ2n) is 0.196. The molecule has 0 aliphatic carbocycles. The molecule has 0 saturated heterocycles. The minimum absolute atomic E-state index is 1.39. The number of nitrogens with zero attached hydrogens (tertiary/aromatic N) is 1. The van der Waals surface area contributed by atoms with Crippen LogP contribution in [0.3, 0.4) is 0 Å². The van der Waals surface area contributed by atoms with Crippen molar-refractivity contribution in [3.05, 3.63) is 0 Å². The summed E-state index contributed by atoms with van der Waals surface area (Å²) in [7, 11) is 0. The van der Waals surface area contributed by atoms with Crippen molar-refractivity contribution in [3.8, 4) is 0 Å². The fraction of sp³-hybridized carbons (Fsp3) is 0. The molecule has 0 rings (SSSR count). The number of hydrogen-bond acceptors (Lipinski definition) is 1. The summed E-state index contributed by atoms with van der Waals surface area (Å²) in [6.45, 7) is 0. The Morgan fingerprint density at radius 3 is 2.25 bits per heavy atom. The van der Waals surface area contributed by atoms with Gasteiger partial charge in [-0.1, -0.05) is 0 Å². The Morgan fingerprint density at radius 2 is 2.25 bits per heavy atom. The van der Waals surface area contributed by atoms with Gasteiger partial charge in [0.1, 0.15) is 0 Å². The molecule has 20 valence electrons. The summed E-state index contributed by atoms with van der Waals surface area (Å²) < 4.78 is 12.1. The molecule has 1 nitrogen and oxygen atoms in total. The molecule has 4 heavy (non-hydrogen) atoms. The number of halogens is 1. The van der Waals surface area contributed by atoms with Crippen LogP contribution in [0.1, 0.15) is 0 Å². The van der Waals surface area contributed by atoms with E-state index in [0.29, 0.717) is 0 Å². The maximum atomic E-state index is 10.2. The first-order valence-corrected chi connectivity index (χ1v) is 1.69. The van der Waals surface area contributed by atoms with Crippen LogP contribution in [0.25, 0.3) is 0 Å². The van der Waals surface area contributed by atoms with E-state index in [9.17, 15) is 4.48 Å². The molecule has 0 bridgehead atoms. The molecule has 0 saturated carbocycles. The minimum atomic E-state index is 1.39. The van der Waals surface area contributed by atoms with E-state index in [0.717, 1.165) is 0 Å². The Morgan fingerprint density at radius 1 is 2.00 bits per heavy atom. The van der Waals surface area contributed by atoms with Gasteiger partial charge < -0.3 is 0 Å². The van der Waals surface area contributed by atoms with Crippen molar-refractivity contribution >= 4 is 20.7 Å². The molecule has 2 radical (unpaired) electrons. The first kappa shape index (κ1) is 4.05. The topological polar surface area (TPSA) is 12.4 Å². The molecule has 0 spiro atoms. The molecule has 0 heterocycles. The van der Waals surface area contributed by atoms with Crippen molar-refractivity contribution in [2.45, 2.75) is 0 Å². The van der Waals surface area contributed by atoms with Gasteiger partial charge in [0, 0.05) is 0 Å². The van der Waals surface area contributed by atoms with Crippen LogP contribution < -0.4 is 0 Å². The van der Waals surface area contributed by atoms with Crippen molar-refractivity contribution in [3.63, 3.8) is 0 Å². The van der Waals surface area contributed by atoms with Crippen LogP contribution in [0.4, 0.5) is 4.48 Å². The quantitative estimate of drug-likeness (QED) is 0.312. The van der Waals surface area contributed by atoms with Gasteiger partial charge in [0.25, 0.3) is 0 Å². The second kappa shape index (κ2) is 3.05. The van der Waals surface area contributed by atoms with Crippen LogP contribution in [0.15, 0.2) is 5.21 Å². The van der Waals surface area contributed by atoms with E-state index in [2.05, 4.69) is 0 Å². The molecule has 0 fully saturated rings. The third-order valence-corrected chi connectivity index (χ3v) is 0.220. The van der Waals surface area contributed by atoms with Gasteiger partial charge >= 0.3 is 30.4 Å². The number of hydrogen-bond donors (Lipinski definition) is 0. The van der Waals surface area contributed by atoms with Gasteiger partial charge in [0.15, 0.2) is 0 Å². The van der Waals surface area contributed by atoms with Gasteiger partial charge in [-0.25, -0.2) is 0 Å². The molecule has 0 aromatic carbocycles. The van der Waals surface area contributed by atoms with E-state index in [-0.39, 0.29) is 0 Å². The molecule has 0 N–H and O–H groups in total. The Bertz CT molecular complexity index is 46.0. The summed E-state index contributed by atoms with van der Waals surface area (Å²) in [6.07, 6.45) is 0. The van der Waals surface area contributed by atoms with E-state index in [4.69, 9.17) is 0 Å². The van der Waals surface area contributed by atoms with Crippen LogP contribution in [0.5, 0.6) is 0 Å². The fourth-order valence-electron chi connectivity index (χ4n) is 0. The summed E-state index contributed by atoms with van der Waals surface area (Å²) in [6, 6.07) is 0. The zero-order valence-corrected chi connectivity index (χ0v) is 3.92. The molecule has 0 aliphatic heterocycles. The van der Waals surface area contributed by atoms with Crippen LogP contribution in [0.2, 0.25) is 0 Å². The van der Waals surface area contributed by atoms with E-state index in [1.807, 2.05) is 9.86 Å². The molecule has 0 atom stereocenters. The normalized spacial score (nSPS) is 4.25. The summed E-state index contributed by atoms with van der Waals surface area (Å²) in [5, 5.41) is 1.99. The Hall–Kier alpha value is 0.0529. The van der Waals surface area contributed by atoms with Crippen LogP contribution in [-0.4, -0.2) is 20.7 Å². The average molecular weight is 118 g/mol. The molecule has 3 heteroatoms. The standard InChI is InChI=1S/CFGeN/c2-4-1-3. The SMILES string of the molecule is FN=[C]=[Ge]. The fourth-order valence-corrected chi connectivity index (χ4v) is 0. The van der Waals surface area contributed by atoms with Crippen LogP contribution >= 0.6 is 0 Å². The van der Waals surface area contributed by atoms with Crippen molar-refractivity contribution in [2.24, 2.45) is 5.21 Å². The van der Waals surface area contributed by atoms with Gasteiger partial charge in [-0.2, -0.15) is 0 Å². The van der Waals surface area contributed by atoms with Crippen LogP contribution in [-0.2, 0) is 0 Å². The van der Waals surface area contributed by atoms with E-state index in [1.165, 1.54) is 16.1 Å². The third-order valence-electron chi connectivity index (χ3n) is 0.0423. The monoisotopic (exact) mass is 119 g/mol. The third kappa shape index (κ3) is 2.05. The van der Waals surface area contributed by atoms with Gasteiger partial charge in [-0.3, -0.25) is 0 Å². The summed E-state index contributed by atoms with van der Waals surface area (Å²) >= 11 is 1.39. The number of rotatable bonds is 0. The molecular formula is CFGeN. The predicted molar refractivity (Wildman–Crippen MR) is 14.3 cm³/mol. The molecule has 0 unspecified atom stereocenters. The second-order valence-corrected chi connectivity index (χ2v) is 0.665. The van der Waals surface area contributed by atoms with E-state index >= 15 is 0 Å². The molecular weight excluding hydrogens is 118 g/mol. The zero-order valence-electron chi connectivity index (χ0n) is 1.83. The molecule has 0 aromatic rings. The zero-order chi connectivity index (χ0) is 3.41. The Labute approximate surface area is 31.2 Å². The van der Waals surface area contributed by atoms with Crippen molar-refractivity contribution in [2.75, 3.05) is 0 Å². The Balaban J connectivity index is 3.11. The molecule has 0 aliphatic rings. The van der Waals surface area contributed by atoms with Gasteiger partial charge in [0.05, 0.1) is 0 Å². The van der Waals surface area contributed by atoms with Crippen LogP contribution in [0, 0.1) is 0 Å². The van der Waals surface area contributed by atoms with E-state index < -0.39 is 0 Å². The maximum absolute atomic E-state index is 10.2. The molecule has 0 aromatic heterocycles. The predicted octanol–water partition coefficient (Wildman–Crippen LogP) is -0.0553. The first-order chi connectivity index (χ1) is 1.91. The summed E-state index contributed by atoms with van der Waals surface area (Å²) in [5.74, 6) is 0. The first-order valence-electron chi connectivity index (χ1n) is 0.643. The summed E-state index contributed by atoms with van der Waals surface area (Å²) in [4.78, 5) is 0. The van der Waals surface area contributed by atoms with Gasteiger partial charge in [-0.15, -0.1) is 0 Å². The van der Waals surface area contributed by atoms with E-state index in [1.54, 1.807) is 0 Å². The van der Waals surface area contributed by atoms with Gasteiger partial charge in [-0.05, 0) is 0 Å². The Kier molecular flexibility index (Phi) is 3.09. The summed E-state index contributed by atoms with van der Waals surface area (Å²) in [5.41, 5.74) is 0. The van der Waals surface area contributed by atoms with Gasteiger partial charge in [0.2, 0.25) is 0 Å². The average Bonchev–Trinajstić information content (AvgIpc) is 1.37.